The second-order valence-electron chi connectivity index (χ2n) is 6.04. The molecule has 1 aliphatic heterocycles. The summed E-state index contributed by atoms with van der Waals surface area (Å²) < 4.78 is 5.37. The molecule has 0 bridgehead atoms. The smallest absolute Gasteiger partial charge is 0.119 e. The molecule has 1 aliphatic carbocycles. The van der Waals surface area contributed by atoms with Gasteiger partial charge in [-0.25, -0.2) is 0 Å². The summed E-state index contributed by atoms with van der Waals surface area (Å²) >= 11 is 0. The number of fused-ring (bicyclic) bond motifs is 1. The van der Waals surface area contributed by atoms with E-state index in [-0.39, 0.29) is 0 Å². The monoisotopic (exact) mass is 260 g/mol. The number of hydrogen-bond acceptors (Lipinski definition) is 3. The summed E-state index contributed by atoms with van der Waals surface area (Å²) in [4.78, 5) is 2.62. The van der Waals surface area contributed by atoms with Crippen molar-refractivity contribution in [3.8, 4) is 5.75 Å². The molecule has 3 heteroatoms. The highest BCUT2D eigenvalue weighted by molar-refractivity contribution is 5.40. The molecule has 1 heterocycles. The van der Waals surface area contributed by atoms with Crippen LogP contribution in [-0.4, -0.2) is 31.1 Å². The van der Waals surface area contributed by atoms with Gasteiger partial charge in [0.2, 0.25) is 0 Å². The Kier molecular flexibility index (Phi) is 3.50. The van der Waals surface area contributed by atoms with E-state index in [1.54, 1.807) is 7.11 Å². The highest BCUT2D eigenvalue weighted by atomic mass is 16.5. The molecule has 1 aromatic carbocycles. The van der Waals surface area contributed by atoms with Gasteiger partial charge < -0.3 is 10.5 Å². The number of piperidine rings is 1. The Balaban J connectivity index is 1.81. The summed E-state index contributed by atoms with van der Waals surface area (Å²) in [6.45, 7) is 4.54. The second kappa shape index (κ2) is 5.14. The molecule has 19 heavy (non-hydrogen) atoms. The molecule has 3 rings (SSSR count). The van der Waals surface area contributed by atoms with Crippen LogP contribution in [0.1, 0.15) is 36.9 Å². The van der Waals surface area contributed by atoms with Gasteiger partial charge in [-0.15, -0.1) is 0 Å². The second-order valence-corrected chi connectivity index (χ2v) is 6.04. The third-order valence-corrected chi connectivity index (χ3v) is 4.84. The first-order valence-corrected chi connectivity index (χ1v) is 7.35. The molecule has 1 aromatic rings. The standard InChI is InChI=1S/C16H24N2O/c1-11-10-18(8-7-15(11)17)16-6-4-12-3-5-13(19-2)9-14(12)16/h3,5,9,11,15-16H,4,6-8,10,17H2,1-2H3. The molecule has 3 atom stereocenters. The average molecular weight is 260 g/mol. The van der Waals surface area contributed by atoms with Crippen LogP contribution < -0.4 is 10.5 Å². The van der Waals surface area contributed by atoms with Gasteiger partial charge in [0, 0.05) is 25.2 Å². The molecule has 0 radical (unpaired) electrons. The fourth-order valence-electron chi connectivity index (χ4n) is 3.54. The van der Waals surface area contributed by atoms with Crippen LogP contribution in [0, 0.1) is 5.92 Å². The largest absolute Gasteiger partial charge is 0.497 e. The zero-order valence-corrected chi connectivity index (χ0v) is 11.9. The van der Waals surface area contributed by atoms with Gasteiger partial charge >= 0.3 is 0 Å². The van der Waals surface area contributed by atoms with Crippen molar-refractivity contribution in [3.05, 3.63) is 29.3 Å². The van der Waals surface area contributed by atoms with Crippen LogP contribution in [0.25, 0.3) is 0 Å². The summed E-state index contributed by atoms with van der Waals surface area (Å²) in [5.74, 6) is 1.58. The van der Waals surface area contributed by atoms with Gasteiger partial charge in [-0.2, -0.15) is 0 Å². The number of aryl methyl sites for hydroxylation is 1. The molecule has 3 nitrogen and oxygen atoms in total. The SMILES string of the molecule is COc1ccc2c(c1)C(N1CCC(N)C(C)C1)CC2. The van der Waals surface area contributed by atoms with Crippen molar-refractivity contribution in [2.45, 2.75) is 38.3 Å². The van der Waals surface area contributed by atoms with Crippen molar-refractivity contribution >= 4 is 0 Å². The van der Waals surface area contributed by atoms with E-state index in [1.807, 2.05) is 0 Å². The maximum absolute atomic E-state index is 6.13. The summed E-state index contributed by atoms with van der Waals surface area (Å²) in [7, 11) is 1.74. The van der Waals surface area contributed by atoms with Gasteiger partial charge in [-0.3, -0.25) is 4.90 Å². The number of nitrogens with zero attached hydrogens (tertiary/aromatic N) is 1. The number of ether oxygens (including phenoxy) is 1. The van der Waals surface area contributed by atoms with E-state index in [4.69, 9.17) is 10.5 Å². The van der Waals surface area contributed by atoms with Gasteiger partial charge in [-0.05, 0) is 48.4 Å². The van der Waals surface area contributed by atoms with E-state index >= 15 is 0 Å². The van der Waals surface area contributed by atoms with E-state index in [1.165, 1.54) is 24.0 Å². The lowest BCUT2D eigenvalue weighted by molar-refractivity contribution is 0.115. The minimum Gasteiger partial charge on any atom is -0.497 e. The van der Waals surface area contributed by atoms with Gasteiger partial charge in [0.25, 0.3) is 0 Å². The summed E-state index contributed by atoms with van der Waals surface area (Å²) in [5, 5.41) is 0. The molecule has 1 fully saturated rings. The van der Waals surface area contributed by atoms with Crippen molar-refractivity contribution in [3.63, 3.8) is 0 Å². The molecule has 2 N–H and O–H groups in total. The normalized spacial score (nSPS) is 31.2. The minimum atomic E-state index is 0.377. The highest BCUT2D eigenvalue weighted by Crippen LogP contribution is 2.39. The first-order chi connectivity index (χ1) is 9.19. The van der Waals surface area contributed by atoms with Crippen LogP contribution in [-0.2, 0) is 6.42 Å². The summed E-state index contributed by atoms with van der Waals surface area (Å²) in [6, 6.07) is 7.48. The van der Waals surface area contributed by atoms with Crippen LogP contribution in [0.15, 0.2) is 18.2 Å². The third kappa shape index (κ3) is 2.37. The minimum absolute atomic E-state index is 0.377. The number of rotatable bonds is 2. The maximum atomic E-state index is 6.13. The molecule has 0 aromatic heterocycles. The van der Waals surface area contributed by atoms with E-state index in [9.17, 15) is 0 Å². The summed E-state index contributed by atoms with van der Waals surface area (Å²) in [6.07, 6.45) is 3.56. The van der Waals surface area contributed by atoms with Crippen molar-refractivity contribution in [2.24, 2.45) is 11.7 Å². The number of hydrogen-bond donors (Lipinski definition) is 1. The Hall–Kier alpha value is -1.06. The van der Waals surface area contributed by atoms with Gasteiger partial charge in [0.15, 0.2) is 0 Å². The predicted molar refractivity (Wildman–Crippen MR) is 77.4 cm³/mol. The van der Waals surface area contributed by atoms with Crippen molar-refractivity contribution in [2.75, 3.05) is 20.2 Å². The zero-order chi connectivity index (χ0) is 13.4. The lowest BCUT2D eigenvalue weighted by Crippen LogP contribution is -2.46. The molecule has 2 aliphatic rings. The fraction of sp³-hybridized carbons (Fsp3) is 0.625. The Labute approximate surface area is 115 Å². The molecule has 0 saturated carbocycles. The molecule has 104 valence electrons. The molecular formula is C16H24N2O. The van der Waals surface area contributed by atoms with E-state index in [2.05, 4.69) is 30.0 Å². The van der Waals surface area contributed by atoms with Crippen molar-refractivity contribution in [1.29, 1.82) is 0 Å². The number of benzene rings is 1. The Morgan fingerprint density at radius 1 is 1.32 bits per heavy atom. The average Bonchev–Trinajstić information content (AvgIpc) is 2.84. The lowest BCUT2D eigenvalue weighted by atomic mass is 9.92. The van der Waals surface area contributed by atoms with E-state index in [0.29, 0.717) is 18.0 Å². The molecule has 0 amide bonds. The fourth-order valence-corrected chi connectivity index (χ4v) is 3.54. The van der Waals surface area contributed by atoms with Crippen LogP contribution in [0.2, 0.25) is 0 Å². The van der Waals surface area contributed by atoms with Crippen molar-refractivity contribution in [1.82, 2.24) is 4.90 Å². The molecule has 0 spiro atoms. The van der Waals surface area contributed by atoms with Gasteiger partial charge in [0.05, 0.1) is 7.11 Å². The first-order valence-electron chi connectivity index (χ1n) is 7.35. The summed E-state index contributed by atoms with van der Waals surface area (Å²) in [5.41, 5.74) is 9.10. The lowest BCUT2D eigenvalue weighted by Gasteiger charge is -2.39. The number of nitrogens with two attached hydrogens (primary N) is 1. The third-order valence-electron chi connectivity index (χ3n) is 4.84. The Morgan fingerprint density at radius 2 is 2.16 bits per heavy atom. The van der Waals surface area contributed by atoms with Crippen molar-refractivity contribution < 1.29 is 4.74 Å². The van der Waals surface area contributed by atoms with Crippen LogP contribution in [0.5, 0.6) is 5.75 Å². The van der Waals surface area contributed by atoms with Crippen LogP contribution in [0.4, 0.5) is 0 Å². The molecular weight excluding hydrogens is 236 g/mol. The van der Waals surface area contributed by atoms with Crippen LogP contribution >= 0.6 is 0 Å². The quantitative estimate of drug-likeness (QED) is 0.887. The van der Waals surface area contributed by atoms with E-state index in [0.717, 1.165) is 25.3 Å². The molecule has 3 unspecified atom stereocenters. The van der Waals surface area contributed by atoms with Crippen LogP contribution in [0.3, 0.4) is 0 Å². The number of methoxy groups -OCH3 is 1. The van der Waals surface area contributed by atoms with E-state index < -0.39 is 0 Å². The highest BCUT2D eigenvalue weighted by Gasteiger charge is 2.32. The maximum Gasteiger partial charge on any atom is 0.119 e. The predicted octanol–water partition coefficient (Wildman–Crippen LogP) is 2.35. The van der Waals surface area contributed by atoms with Gasteiger partial charge in [-0.1, -0.05) is 13.0 Å². The zero-order valence-electron chi connectivity index (χ0n) is 11.9. The first kappa shape index (κ1) is 12.9. The molecule has 1 saturated heterocycles. The van der Waals surface area contributed by atoms with Gasteiger partial charge in [0.1, 0.15) is 5.75 Å². The Bertz CT molecular complexity index is 460. The number of likely N-dealkylation sites (tertiary alicyclic amines) is 1. The Morgan fingerprint density at radius 3 is 2.89 bits per heavy atom. The topological polar surface area (TPSA) is 38.5 Å².